The topological polar surface area (TPSA) is 66.5 Å². The Kier molecular flexibility index (Phi) is 7.26. The molecule has 0 aliphatic heterocycles. The second-order valence-electron chi connectivity index (χ2n) is 7.19. The Bertz CT molecular complexity index is 1180. The second kappa shape index (κ2) is 9.73. The minimum atomic E-state index is -3.78. The van der Waals surface area contributed by atoms with Crippen molar-refractivity contribution in [3.63, 3.8) is 0 Å². The lowest BCUT2D eigenvalue weighted by Gasteiger charge is -2.25. The summed E-state index contributed by atoms with van der Waals surface area (Å²) in [6, 6.07) is 21.3. The van der Waals surface area contributed by atoms with E-state index in [1.165, 1.54) is 18.2 Å². The van der Waals surface area contributed by atoms with Crippen LogP contribution in [-0.2, 0) is 14.8 Å². The van der Waals surface area contributed by atoms with Crippen molar-refractivity contribution in [2.75, 3.05) is 17.1 Å². The van der Waals surface area contributed by atoms with Gasteiger partial charge in [0.1, 0.15) is 6.54 Å². The fourth-order valence-electron chi connectivity index (χ4n) is 3.26. The van der Waals surface area contributed by atoms with Crippen LogP contribution in [0.3, 0.4) is 0 Å². The number of amides is 1. The van der Waals surface area contributed by atoms with Crippen molar-refractivity contribution in [3.05, 3.63) is 99.5 Å². The monoisotopic (exact) mass is 476 g/mol. The number of sulfonamides is 1. The molecule has 8 heteroatoms. The summed E-state index contributed by atoms with van der Waals surface area (Å²) in [6.45, 7) is 1.55. The maximum absolute atomic E-state index is 13.0. The van der Waals surface area contributed by atoms with Crippen molar-refractivity contribution in [2.24, 2.45) is 0 Å². The number of halogens is 2. The molecule has 0 fully saturated rings. The molecular weight excluding hydrogens is 455 g/mol. The molecule has 0 radical (unpaired) electrons. The minimum absolute atomic E-state index is 0.143. The van der Waals surface area contributed by atoms with E-state index in [-0.39, 0.29) is 10.7 Å². The molecule has 3 rings (SSSR count). The Balaban J connectivity index is 1.91. The van der Waals surface area contributed by atoms with Gasteiger partial charge in [0.2, 0.25) is 15.9 Å². The zero-order chi connectivity index (χ0) is 22.6. The number of benzene rings is 3. The van der Waals surface area contributed by atoms with Crippen LogP contribution in [0.1, 0.15) is 22.7 Å². The SMILES string of the molecule is Cc1cccc(C(NC(=O)CN(c2ccc(Cl)cc2Cl)S(C)(=O)=O)c2ccccc2)c1. The fourth-order valence-corrected chi connectivity index (χ4v) is 4.68. The van der Waals surface area contributed by atoms with E-state index < -0.39 is 28.5 Å². The predicted molar refractivity (Wildman–Crippen MR) is 126 cm³/mol. The van der Waals surface area contributed by atoms with Crippen LogP contribution in [-0.4, -0.2) is 27.1 Å². The largest absolute Gasteiger partial charge is 0.344 e. The summed E-state index contributed by atoms with van der Waals surface area (Å²) in [6.07, 6.45) is 1.03. The molecule has 0 bridgehead atoms. The number of hydrogen-bond acceptors (Lipinski definition) is 3. The number of rotatable bonds is 7. The molecular formula is C23H22Cl2N2O3S. The van der Waals surface area contributed by atoms with E-state index in [9.17, 15) is 13.2 Å². The first-order valence-corrected chi connectivity index (χ1v) is 12.1. The summed E-state index contributed by atoms with van der Waals surface area (Å²) >= 11 is 12.1. The number of nitrogens with zero attached hydrogens (tertiary/aromatic N) is 1. The summed E-state index contributed by atoms with van der Waals surface area (Å²) in [5.41, 5.74) is 3.03. The van der Waals surface area contributed by atoms with Gasteiger partial charge in [0.15, 0.2) is 0 Å². The van der Waals surface area contributed by atoms with Gasteiger partial charge in [-0.25, -0.2) is 8.42 Å². The van der Waals surface area contributed by atoms with Gasteiger partial charge >= 0.3 is 0 Å². The molecule has 0 aromatic heterocycles. The van der Waals surface area contributed by atoms with E-state index >= 15 is 0 Å². The van der Waals surface area contributed by atoms with Gasteiger partial charge in [0.05, 0.1) is 23.0 Å². The number of hydrogen-bond donors (Lipinski definition) is 1. The van der Waals surface area contributed by atoms with E-state index in [1.807, 2.05) is 61.5 Å². The maximum atomic E-state index is 13.0. The molecule has 1 amide bonds. The average Bonchev–Trinajstić information content (AvgIpc) is 2.71. The summed E-state index contributed by atoms with van der Waals surface area (Å²) in [5.74, 6) is -0.466. The molecule has 1 N–H and O–H groups in total. The van der Waals surface area contributed by atoms with Crippen LogP contribution < -0.4 is 9.62 Å². The molecule has 0 heterocycles. The lowest BCUT2D eigenvalue weighted by Crippen LogP contribution is -2.42. The highest BCUT2D eigenvalue weighted by Crippen LogP contribution is 2.30. The molecule has 1 unspecified atom stereocenters. The Morgan fingerprint density at radius 3 is 2.26 bits per heavy atom. The Morgan fingerprint density at radius 1 is 0.968 bits per heavy atom. The average molecular weight is 477 g/mol. The third-order valence-corrected chi connectivity index (χ3v) is 6.34. The van der Waals surface area contributed by atoms with E-state index in [4.69, 9.17) is 23.2 Å². The number of nitrogens with one attached hydrogen (secondary N) is 1. The first-order chi connectivity index (χ1) is 14.6. The highest BCUT2D eigenvalue weighted by molar-refractivity contribution is 7.92. The van der Waals surface area contributed by atoms with Gasteiger partial charge < -0.3 is 5.32 Å². The molecule has 31 heavy (non-hydrogen) atoms. The lowest BCUT2D eigenvalue weighted by molar-refractivity contribution is -0.120. The summed E-state index contributed by atoms with van der Waals surface area (Å²) in [5, 5.41) is 3.48. The number of carbonyl (C=O) groups excluding carboxylic acids is 1. The van der Waals surface area contributed by atoms with Gasteiger partial charge in [-0.05, 0) is 36.2 Å². The highest BCUT2D eigenvalue weighted by atomic mass is 35.5. The van der Waals surface area contributed by atoms with Crippen LogP contribution in [0.2, 0.25) is 10.0 Å². The molecule has 1 atom stereocenters. The molecule has 0 saturated heterocycles. The molecule has 0 spiro atoms. The van der Waals surface area contributed by atoms with Crippen LogP contribution in [0.15, 0.2) is 72.8 Å². The summed E-state index contributed by atoms with van der Waals surface area (Å²) < 4.78 is 25.8. The third kappa shape index (κ3) is 6.00. The minimum Gasteiger partial charge on any atom is -0.344 e. The first-order valence-electron chi connectivity index (χ1n) is 9.49. The number of anilines is 1. The van der Waals surface area contributed by atoms with Crippen molar-refractivity contribution in [1.29, 1.82) is 0 Å². The normalized spacial score (nSPS) is 12.3. The second-order valence-corrected chi connectivity index (χ2v) is 9.94. The van der Waals surface area contributed by atoms with Crippen molar-refractivity contribution in [1.82, 2.24) is 5.32 Å². The standard InChI is InChI=1S/C23H22Cl2N2O3S/c1-16-7-6-10-18(13-16)23(17-8-4-3-5-9-17)26-22(28)15-27(31(2,29)30)21-12-11-19(24)14-20(21)25/h3-14,23H,15H2,1-2H3,(H,26,28). The molecule has 3 aromatic carbocycles. The van der Waals surface area contributed by atoms with Gasteiger partial charge in [0, 0.05) is 5.02 Å². The van der Waals surface area contributed by atoms with Crippen LogP contribution in [0.4, 0.5) is 5.69 Å². The van der Waals surface area contributed by atoms with Crippen LogP contribution in [0.25, 0.3) is 0 Å². The highest BCUT2D eigenvalue weighted by Gasteiger charge is 2.25. The van der Waals surface area contributed by atoms with Gasteiger partial charge in [-0.15, -0.1) is 0 Å². The van der Waals surface area contributed by atoms with Crippen molar-refractivity contribution < 1.29 is 13.2 Å². The van der Waals surface area contributed by atoms with E-state index in [0.29, 0.717) is 5.02 Å². The van der Waals surface area contributed by atoms with Crippen molar-refractivity contribution in [2.45, 2.75) is 13.0 Å². The van der Waals surface area contributed by atoms with Gasteiger partial charge in [-0.3, -0.25) is 9.10 Å². The zero-order valence-corrected chi connectivity index (χ0v) is 19.4. The molecule has 162 valence electrons. The Labute approximate surface area is 192 Å². The third-order valence-electron chi connectivity index (χ3n) is 4.68. The summed E-state index contributed by atoms with van der Waals surface area (Å²) in [7, 11) is -3.78. The Hall–Kier alpha value is -2.54. The quantitative estimate of drug-likeness (QED) is 0.523. The lowest BCUT2D eigenvalue weighted by atomic mass is 9.97. The van der Waals surface area contributed by atoms with Crippen LogP contribution >= 0.6 is 23.2 Å². The molecule has 0 saturated carbocycles. The molecule has 5 nitrogen and oxygen atoms in total. The van der Waals surface area contributed by atoms with Crippen LogP contribution in [0.5, 0.6) is 0 Å². The van der Waals surface area contributed by atoms with Crippen molar-refractivity contribution >= 4 is 44.8 Å². The smallest absolute Gasteiger partial charge is 0.241 e. The van der Waals surface area contributed by atoms with E-state index in [1.54, 1.807) is 0 Å². The van der Waals surface area contributed by atoms with Gasteiger partial charge in [-0.1, -0.05) is 83.4 Å². The molecule has 0 aliphatic carbocycles. The molecule has 0 aliphatic rings. The van der Waals surface area contributed by atoms with Gasteiger partial charge in [-0.2, -0.15) is 0 Å². The number of aryl methyl sites for hydroxylation is 1. The van der Waals surface area contributed by atoms with Gasteiger partial charge in [0.25, 0.3) is 0 Å². The Morgan fingerprint density at radius 2 is 1.65 bits per heavy atom. The number of carbonyl (C=O) groups is 1. The van der Waals surface area contributed by atoms with E-state index in [2.05, 4.69) is 5.32 Å². The molecule has 3 aromatic rings. The fraction of sp³-hybridized carbons (Fsp3) is 0.174. The maximum Gasteiger partial charge on any atom is 0.241 e. The summed E-state index contributed by atoms with van der Waals surface area (Å²) in [4.78, 5) is 13.0. The van der Waals surface area contributed by atoms with Crippen LogP contribution in [0, 0.1) is 6.92 Å². The zero-order valence-electron chi connectivity index (χ0n) is 17.0. The van der Waals surface area contributed by atoms with Crippen molar-refractivity contribution in [3.8, 4) is 0 Å². The van der Waals surface area contributed by atoms with E-state index in [0.717, 1.165) is 27.3 Å². The first kappa shape index (κ1) is 23.1. The predicted octanol–water partition coefficient (Wildman–Crippen LogP) is 4.97.